The van der Waals surface area contributed by atoms with E-state index in [1.807, 2.05) is 0 Å². The van der Waals surface area contributed by atoms with E-state index >= 15 is 0 Å². The Labute approximate surface area is 280 Å². The zero-order valence-corrected chi connectivity index (χ0v) is 29.0. The molecule has 2 aromatic rings. The number of rotatable bonds is 11. The minimum Gasteiger partial charge on any atom is -0.472 e. The van der Waals surface area contributed by atoms with Crippen LogP contribution in [-0.2, 0) is 29.1 Å². The Morgan fingerprint density at radius 1 is 1.17 bits per heavy atom. The second-order valence-electron chi connectivity index (χ2n) is 14.9. The highest BCUT2D eigenvalue weighted by molar-refractivity contribution is 7.91. The molecule has 262 valence electrons. The van der Waals surface area contributed by atoms with Crippen LogP contribution in [0.15, 0.2) is 41.7 Å². The zero-order valence-electron chi connectivity index (χ0n) is 28.2. The normalized spacial score (nSPS) is 24.8. The number of allylic oxidation sites excluding steroid dienone is 1. The second kappa shape index (κ2) is 12.7. The lowest BCUT2D eigenvalue weighted by Gasteiger charge is -2.36. The monoisotopic (exact) mass is 687 g/mol. The Hall–Kier alpha value is -4.14. The average molecular weight is 688 g/mol. The maximum Gasteiger partial charge on any atom is 0.408 e. The van der Waals surface area contributed by atoms with Crippen LogP contribution < -0.4 is 20.1 Å². The minimum atomic E-state index is -3.88. The number of pyridine rings is 1. The Bertz CT molecular complexity index is 1710. The summed E-state index contributed by atoms with van der Waals surface area (Å²) < 4.78 is 44.7. The first-order valence-electron chi connectivity index (χ1n) is 16.1. The molecule has 1 saturated heterocycles. The first-order chi connectivity index (χ1) is 22.3. The van der Waals surface area contributed by atoms with Gasteiger partial charge in [-0.25, -0.2) is 18.2 Å². The van der Waals surface area contributed by atoms with Crippen molar-refractivity contribution in [1.29, 1.82) is 0 Å². The van der Waals surface area contributed by atoms with Crippen molar-refractivity contribution in [3.05, 3.63) is 37.2 Å². The van der Waals surface area contributed by atoms with Crippen molar-refractivity contribution in [2.75, 3.05) is 6.54 Å². The lowest BCUT2D eigenvalue weighted by molar-refractivity contribution is -0.143. The number of alkyl carbamates (subject to hydrolysis) is 1. The Kier molecular flexibility index (Phi) is 9.32. The first-order valence-corrected chi connectivity index (χ1v) is 17.7. The van der Waals surface area contributed by atoms with Crippen LogP contribution in [0.3, 0.4) is 0 Å². The quantitative estimate of drug-likeness (QED) is 0.296. The fourth-order valence-corrected chi connectivity index (χ4v) is 7.39. The van der Waals surface area contributed by atoms with Gasteiger partial charge in [-0.2, -0.15) is 0 Å². The van der Waals surface area contributed by atoms with Gasteiger partial charge in [0.25, 0.3) is 5.91 Å². The van der Waals surface area contributed by atoms with Crippen LogP contribution in [-0.4, -0.2) is 83.2 Å². The molecule has 0 bridgehead atoms. The topological polar surface area (TPSA) is 186 Å². The standard InChI is InChI=1S/C33H45N5O9S/c1-8-9-19-17-33(19,29(41)37-48(43,44)21-10-11-21)36-26(39)23-16-20(46-27-22-13-15-45-24(22)12-14-34-27)18-38(23)28(40)25(31(2,3)4)35-30(42)47-32(5,6)7/h8,12-15,19-21,23,25H,1,9-11,16-18H2,2-7H3,(H,35,42)(H,36,39)(H,37,41)/t19?,20-,23+,25-,33-/m1/s1. The van der Waals surface area contributed by atoms with Gasteiger partial charge in [0.1, 0.15) is 34.9 Å². The molecular weight excluding hydrogens is 642 g/mol. The Balaban J connectivity index is 1.43. The molecule has 5 rings (SSSR count). The Morgan fingerprint density at radius 2 is 1.88 bits per heavy atom. The minimum absolute atomic E-state index is 0.0288. The maximum absolute atomic E-state index is 14.3. The van der Waals surface area contributed by atoms with Crippen LogP contribution in [0.2, 0.25) is 0 Å². The van der Waals surface area contributed by atoms with Crippen LogP contribution in [0, 0.1) is 11.3 Å². The number of likely N-dealkylation sites (tertiary alicyclic amines) is 1. The molecule has 3 aliphatic rings. The molecule has 0 spiro atoms. The SMILES string of the molecule is C=CCC1C[C@]1(NC(=O)[C@@H]1C[C@@H](Oc2nccc3occc23)CN1C(=O)[C@@H](NC(=O)OC(C)(C)C)C(C)(C)C)C(=O)NS(=O)(=O)C1CC1. The van der Waals surface area contributed by atoms with Crippen molar-refractivity contribution in [2.24, 2.45) is 11.3 Å². The number of hydrogen-bond acceptors (Lipinski definition) is 10. The van der Waals surface area contributed by atoms with Gasteiger partial charge in [0.2, 0.25) is 27.7 Å². The average Bonchev–Trinajstić information content (AvgIpc) is 3.84. The number of sulfonamides is 1. The molecule has 3 fully saturated rings. The summed E-state index contributed by atoms with van der Waals surface area (Å²) in [5, 5.41) is 5.48. The smallest absolute Gasteiger partial charge is 0.408 e. The molecule has 3 heterocycles. The van der Waals surface area contributed by atoms with Crippen LogP contribution in [0.4, 0.5) is 4.79 Å². The summed E-state index contributed by atoms with van der Waals surface area (Å²) in [6.07, 6.45) is 4.65. The van der Waals surface area contributed by atoms with Crippen molar-refractivity contribution < 1.29 is 41.5 Å². The number of ether oxygens (including phenoxy) is 2. The summed E-state index contributed by atoms with van der Waals surface area (Å²) >= 11 is 0. The number of fused-ring (bicyclic) bond motifs is 1. The van der Waals surface area contributed by atoms with E-state index in [4.69, 9.17) is 13.9 Å². The van der Waals surface area contributed by atoms with Crippen LogP contribution >= 0.6 is 0 Å². The zero-order chi connectivity index (χ0) is 35.2. The third-order valence-electron chi connectivity index (χ3n) is 8.75. The lowest BCUT2D eigenvalue weighted by atomic mass is 9.85. The van der Waals surface area contributed by atoms with Gasteiger partial charge in [-0.15, -0.1) is 6.58 Å². The van der Waals surface area contributed by atoms with Gasteiger partial charge in [0.15, 0.2) is 0 Å². The van der Waals surface area contributed by atoms with Gasteiger partial charge < -0.3 is 29.4 Å². The molecule has 3 N–H and O–H groups in total. The third-order valence-corrected chi connectivity index (χ3v) is 10.6. The molecule has 2 aliphatic carbocycles. The van der Waals surface area contributed by atoms with Crippen molar-refractivity contribution in [2.45, 2.75) is 108 Å². The van der Waals surface area contributed by atoms with E-state index in [2.05, 4.69) is 26.9 Å². The van der Waals surface area contributed by atoms with E-state index < -0.39 is 73.8 Å². The van der Waals surface area contributed by atoms with Gasteiger partial charge >= 0.3 is 6.09 Å². The van der Waals surface area contributed by atoms with Gasteiger partial charge in [-0.3, -0.25) is 19.1 Å². The summed E-state index contributed by atoms with van der Waals surface area (Å²) in [6, 6.07) is 1.14. The number of hydrogen-bond donors (Lipinski definition) is 3. The first kappa shape index (κ1) is 35.2. The van der Waals surface area contributed by atoms with Gasteiger partial charge in [0.05, 0.1) is 23.4 Å². The Morgan fingerprint density at radius 3 is 2.50 bits per heavy atom. The number of carbonyl (C=O) groups is 4. The maximum atomic E-state index is 14.3. The van der Waals surface area contributed by atoms with Crippen LogP contribution in [0.5, 0.6) is 5.88 Å². The predicted molar refractivity (Wildman–Crippen MR) is 175 cm³/mol. The fraction of sp³-hybridized carbons (Fsp3) is 0.606. The lowest BCUT2D eigenvalue weighted by Crippen LogP contribution is -2.60. The van der Waals surface area contributed by atoms with Gasteiger partial charge in [0, 0.05) is 12.6 Å². The van der Waals surface area contributed by atoms with E-state index in [-0.39, 0.29) is 31.2 Å². The molecule has 2 saturated carbocycles. The van der Waals surface area contributed by atoms with E-state index in [1.54, 1.807) is 59.8 Å². The van der Waals surface area contributed by atoms with Gasteiger partial charge in [-0.05, 0) is 69.9 Å². The van der Waals surface area contributed by atoms with Crippen molar-refractivity contribution in [3.8, 4) is 5.88 Å². The second-order valence-corrected chi connectivity index (χ2v) is 16.9. The molecular formula is C33H45N5O9S. The molecule has 0 radical (unpaired) electrons. The number of carbonyl (C=O) groups excluding carboxylic acids is 4. The predicted octanol–water partition coefficient (Wildman–Crippen LogP) is 3.17. The van der Waals surface area contributed by atoms with E-state index in [0.29, 0.717) is 30.2 Å². The molecule has 1 unspecified atom stereocenters. The highest BCUT2D eigenvalue weighted by atomic mass is 32.2. The summed E-state index contributed by atoms with van der Waals surface area (Å²) in [6.45, 7) is 14.1. The summed E-state index contributed by atoms with van der Waals surface area (Å²) in [4.78, 5) is 60.5. The molecule has 5 atom stereocenters. The molecule has 15 heteroatoms. The number of amides is 4. The molecule has 4 amide bonds. The summed E-state index contributed by atoms with van der Waals surface area (Å²) in [5.74, 6) is -2.15. The molecule has 0 aromatic carbocycles. The summed E-state index contributed by atoms with van der Waals surface area (Å²) in [7, 11) is -3.88. The van der Waals surface area contributed by atoms with Crippen molar-refractivity contribution in [1.82, 2.24) is 25.2 Å². The van der Waals surface area contributed by atoms with E-state index in [9.17, 15) is 27.6 Å². The number of furan rings is 1. The van der Waals surface area contributed by atoms with Gasteiger partial charge in [-0.1, -0.05) is 26.8 Å². The highest BCUT2D eigenvalue weighted by Gasteiger charge is 2.62. The molecule has 1 aliphatic heterocycles. The summed E-state index contributed by atoms with van der Waals surface area (Å²) in [5.41, 5.74) is -2.57. The molecule has 14 nitrogen and oxygen atoms in total. The number of nitrogens with zero attached hydrogens (tertiary/aromatic N) is 2. The van der Waals surface area contributed by atoms with E-state index in [1.165, 1.54) is 17.4 Å². The van der Waals surface area contributed by atoms with Crippen LogP contribution in [0.25, 0.3) is 11.0 Å². The largest absolute Gasteiger partial charge is 0.472 e. The molecule has 2 aromatic heterocycles. The third kappa shape index (κ3) is 7.61. The van der Waals surface area contributed by atoms with Crippen LogP contribution in [0.1, 0.15) is 73.6 Å². The van der Waals surface area contributed by atoms with Crippen molar-refractivity contribution in [3.63, 3.8) is 0 Å². The van der Waals surface area contributed by atoms with E-state index in [0.717, 1.165) is 0 Å². The number of aromatic nitrogens is 1. The highest BCUT2D eigenvalue weighted by Crippen LogP contribution is 2.47. The molecule has 48 heavy (non-hydrogen) atoms. The fourth-order valence-electron chi connectivity index (χ4n) is 6.02. The van der Waals surface area contributed by atoms with Crippen molar-refractivity contribution >= 4 is 44.8 Å². The number of nitrogens with one attached hydrogen (secondary N) is 3.